The van der Waals surface area contributed by atoms with Gasteiger partial charge in [-0.1, -0.05) is 0 Å². The Morgan fingerprint density at radius 1 is 1.42 bits per heavy atom. The summed E-state index contributed by atoms with van der Waals surface area (Å²) in [4.78, 5) is 2.58. The molecular formula is C16H28N2O. The number of furan rings is 1. The van der Waals surface area contributed by atoms with E-state index in [4.69, 9.17) is 4.42 Å². The highest BCUT2D eigenvalue weighted by atomic mass is 16.3. The summed E-state index contributed by atoms with van der Waals surface area (Å²) >= 11 is 0. The third kappa shape index (κ3) is 4.66. The highest BCUT2D eigenvalue weighted by Crippen LogP contribution is 2.18. The quantitative estimate of drug-likeness (QED) is 0.821. The molecule has 108 valence electrons. The molecule has 0 spiro atoms. The van der Waals surface area contributed by atoms with Gasteiger partial charge in [-0.15, -0.1) is 0 Å². The molecule has 2 heterocycles. The number of aryl methyl sites for hydroxylation is 1. The van der Waals surface area contributed by atoms with E-state index in [2.05, 4.69) is 37.1 Å². The average Bonchev–Trinajstić information content (AvgIpc) is 3.05. The van der Waals surface area contributed by atoms with E-state index in [1.165, 1.54) is 19.5 Å². The molecule has 1 aromatic heterocycles. The molecular weight excluding hydrogens is 236 g/mol. The van der Waals surface area contributed by atoms with Gasteiger partial charge in [-0.25, -0.2) is 0 Å². The second-order valence-electron chi connectivity index (χ2n) is 6.17. The zero-order valence-electron chi connectivity index (χ0n) is 12.6. The minimum atomic E-state index is 0.568. The van der Waals surface area contributed by atoms with Crippen molar-refractivity contribution in [1.29, 1.82) is 0 Å². The lowest BCUT2D eigenvalue weighted by Gasteiger charge is -2.21. The van der Waals surface area contributed by atoms with Gasteiger partial charge in [0.1, 0.15) is 5.76 Å². The standard InChI is InChI=1S/C16H28N2O/c1-13(2)18-9-8-15(12-18)11-17-14(3)6-7-16-5-4-10-19-16/h4-5,10,13-15,17H,6-9,11-12H2,1-3H3. The summed E-state index contributed by atoms with van der Waals surface area (Å²) in [5.74, 6) is 1.92. The molecule has 2 rings (SSSR count). The maximum atomic E-state index is 5.37. The highest BCUT2D eigenvalue weighted by Gasteiger charge is 2.24. The fourth-order valence-corrected chi connectivity index (χ4v) is 2.78. The van der Waals surface area contributed by atoms with E-state index < -0.39 is 0 Å². The van der Waals surface area contributed by atoms with E-state index in [0.717, 1.165) is 31.1 Å². The lowest BCUT2D eigenvalue weighted by atomic mass is 10.1. The Bertz CT molecular complexity index is 348. The summed E-state index contributed by atoms with van der Waals surface area (Å²) in [6.07, 6.45) is 5.28. The Balaban J connectivity index is 1.60. The zero-order chi connectivity index (χ0) is 13.7. The van der Waals surface area contributed by atoms with Crippen LogP contribution in [0.1, 0.15) is 39.4 Å². The van der Waals surface area contributed by atoms with E-state index in [1.54, 1.807) is 6.26 Å². The van der Waals surface area contributed by atoms with Gasteiger partial charge in [-0.05, 0) is 64.8 Å². The van der Waals surface area contributed by atoms with Crippen molar-refractivity contribution >= 4 is 0 Å². The van der Waals surface area contributed by atoms with Crippen LogP contribution in [0.3, 0.4) is 0 Å². The highest BCUT2D eigenvalue weighted by molar-refractivity contribution is 4.98. The van der Waals surface area contributed by atoms with Crippen LogP contribution in [0, 0.1) is 5.92 Å². The molecule has 0 saturated carbocycles. The Kier molecular flexibility index (Phi) is 5.46. The molecule has 0 aliphatic carbocycles. The number of rotatable bonds is 7. The van der Waals surface area contributed by atoms with Crippen LogP contribution in [0.4, 0.5) is 0 Å². The van der Waals surface area contributed by atoms with Crippen LogP contribution in [0.5, 0.6) is 0 Å². The lowest BCUT2D eigenvalue weighted by molar-refractivity contribution is 0.262. The number of nitrogens with one attached hydrogen (secondary N) is 1. The Hall–Kier alpha value is -0.800. The summed E-state index contributed by atoms with van der Waals surface area (Å²) in [6.45, 7) is 10.5. The van der Waals surface area contributed by atoms with E-state index in [1.807, 2.05) is 6.07 Å². The monoisotopic (exact) mass is 264 g/mol. The van der Waals surface area contributed by atoms with E-state index >= 15 is 0 Å². The lowest BCUT2D eigenvalue weighted by Crippen LogP contribution is -2.34. The van der Waals surface area contributed by atoms with Gasteiger partial charge in [0, 0.05) is 25.0 Å². The van der Waals surface area contributed by atoms with Gasteiger partial charge in [0.05, 0.1) is 6.26 Å². The summed E-state index contributed by atoms with van der Waals surface area (Å²) < 4.78 is 5.37. The topological polar surface area (TPSA) is 28.4 Å². The Morgan fingerprint density at radius 2 is 2.26 bits per heavy atom. The van der Waals surface area contributed by atoms with Crippen LogP contribution in [0.25, 0.3) is 0 Å². The smallest absolute Gasteiger partial charge is 0.103 e. The van der Waals surface area contributed by atoms with Crippen molar-refractivity contribution < 1.29 is 4.42 Å². The van der Waals surface area contributed by atoms with Gasteiger partial charge < -0.3 is 14.6 Å². The molecule has 1 aliphatic heterocycles. The van der Waals surface area contributed by atoms with Gasteiger partial charge in [-0.3, -0.25) is 0 Å². The minimum absolute atomic E-state index is 0.568. The molecule has 1 aromatic rings. The van der Waals surface area contributed by atoms with Crippen LogP contribution in [0.2, 0.25) is 0 Å². The van der Waals surface area contributed by atoms with Gasteiger partial charge >= 0.3 is 0 Å². The molecule has 3 nitrogen and oxygen atoms in total. The molecule has 1 fully saturated rings. The Labute approximate surface area is 117 Å². The molecule has 0 radical (unpaired) electrons. The average molecular weight is 264 g/mol. The zero-order valence-corrected chi connectivity index (χ0v) is 12.6. The third-order valence-electron chi connectivity index (χ3n) is 4.21. The van der Waals surface area contributed by atoms with Crippen molar-refractivity contribution in [3.63, 3.8) is 0 Å². The van der Waals surface area contributed by atoms with Crippen LogP contribution in [-0.4, -0.2) is 36.6 Å². The number of nitrogens with zero attached hydrogens (tertiary/aromatic N) is 1. The summed E-state index contributed by atoms with van der Waals surface area (Å²) in [6, 6.07) is 5.29. The van der Waals surface area contributed by atoms with Crippen LogP contribution < -0.4 is 5.32 Å². The first-order valence-corrected chi connectivity index (χ1v) is 7.65. The van der Waals surface area contributed by atoms with Gasteiger partial charge in [-0.2, -0.15) is 0 Å². The molecule has 0 aromatic carbocycles. The van der Waals surface area contributed by atoms with Crippen LogP contribution >= 0.6 is 0 Å². The largest absolute Gasteiger partial charge is 0.469 e. The Morgan fingerprint density at radius 3 is 2.89 bits per heavy atom. The summed E-state index contributed by atoms with van der Waals surface area (Å²) in [7, 11) is 0. The van der Waals surface area contributed by atoms with Crippen molar-refractivity contribution in [2.24, 2.45) is 5.92 Å². The fourth-order valence-electron chi connectivity index (χ4n) is 2.78. The number of hydrogen-bond acceptors (Lipinski definition) is 3. The van der Waals surface area contributed by atoms with Crippen molar-refractivity contribution in [1.82, 2.24) is 10.2 Å². The minimum Gasteiger partial charge on any atom is -0.469 e. The molecule has 1 saturated heterocycles. The maximum Gasteiger partial charge on any atom is 0.103 e. The first-order chi connectivity index (χ1) is 9.15. The summed E-state index contributed by atoms with van der Waals surface area (Å²) in [5.41, 5.74) is 0. The number of likely N-dealkylation sites (tertiary alicyclic amines) is 1. The molecule has 2 atom stereocenters. The van der Waals surface area contributed by atoms with Crippen molar-refractivity contribution in [2.45, 2.75) is 52.1 Å². The molecule has 19 heavy (non-hydrogen) atoms. The predicted molar refractivity (Wildman–Crippen MR) is 79.3 cm³/mol. The van der Waals surface area contributed by atoms with E-state index in [9.17, 15) is 0 Å². The van der Waals surface area contributed by atoms with Gasteiger partial charge in [0.25, 0.3) is 0 Å². The predicted octanol–water partition coefficient (Wildman–Crippen LogP) is 2.92. The van der Waals surface area contributed by atoms with Crippen molar-refractivity contribution in [2.75, 3.05) is 19.6 Å². The normalized spacial score (nSPS) is 22.2. The van der Waals surface area contributed by atoms with E-state index in [0.29, 0.717) is 12.1 Å². The molecule has 0 amide bonds. The van der Waals surface area contributed by atoms with Crippen LogP contribution in [-0.2, 0) is 6.42 Å². The van der Waals surface area contributed by atoms with Crippen molar-refractivity contribution in [3.8, 4) is 0 Å². The van der Waals surface area contributed by atoms with Crippen LogP contribution in [0.15, 0.2) is 22.8 Å². The molecule has 2 unspecified atom stereocenters. The third-order valence-corrected chi connectivity index (χ3v) is 4.21. The first-order valence-electron chi connectivity index (χ1n) is 7.65. The molecule has 3 heteroatoms. The fraction of sp³-hybridized carbons (Fsp3) is 0.750. The van der Waals surface area contributed by atoms with Crippen molar-refractivity contribution in [3.05, 3.63) is 24.2 Å². The second kappa shape index (κ2) is 7.11. The van der Waals surface area contributed by atoms with Gasteiger partial charge in [0.2, 0.25) is 0 Å². The molecule has 0 bridgehead atoms. The van der Waals surface area contributed by atoms with E-state index in [-0.39, 0.29) is 0 Å². The summed E-state index contributed by atoms with van der Waals surface area (Å²) in [5, 5.41) is 3.68. The second-order valence-corrected chi connectivity index (χ2v) is 6.17. The SMILES string of the molecule is CC(CCc1ccco1)NCC1CCN(C(C)C)C1. The maximum absolute atomic E-state index is 5.37. The van der Waals surface area contributed by atoms with Gasteiger partial charge in [0.15, 0.2) is 0 Å². The first kappa shape index (κ1) is 14.6. The number of hydrogen-bond donors (Lipinski definition) is 1. The molecule has 1 aliphatic rings. The molecule has 1 N–H and O–H groups in total.